The van der Waals surface area contributed by atoms with E-state index in [1.807, 2.05) is 42.5 Å². The summed E-state index contributed by atoms with van der Waals surface area (Å²) in [5.41, 5.74) is 0.694. The lowest BCUT2D eigenvalue weighted by Crippen LogP contribution is -1.97. The van der Waals surface area contributed by atoms with Gasteiger partial charge in [0.2, 0.25) is 0 Å². The first-order chi connectivity index (χ1) is 9.24. The van der Waals surface area contributed by atoms with E-state index in [1.165, 1.54) is 0 Å². The monoisotopic (exact) mass is 254 g/mol. The van der Waals surface area contributed by atoms with Crippen molar-refractivity contribution in [3.05, 3.63) is 54.4 Å². The van der Waals surface area contributed by atoms with Gasteiger partial charge < -0.3 is 14.8 Å². The number of hydrogen-bond donors (Lipinski definition) is 2. The molecular formula is C14H10N2O3. The number of anilines is 2. The van der Waals surface area contributed by atoms with E-state index in [9.17, 15) is 4.79 Å². The Hall–Kier alpha value is -2.82. The van der Waals surface area contributed by atoms with E-state index in [0.29, 0.717) is 0 Å². The molecule has 19 heavy (non-hydrogen) atoms. The number of rotatable bonds is 3. The number of aromatic carboxylic acids is 1. The Morgan fingerprint density at radius 3 is 2.74 bits per heavy atom. The summed E-state index contributed by atoms with van der Waals surface area (Å²) in [6.45, 7) is 0. The highest BCUT2D eigenvalue weighted by Crippen LogP contribution is 2.25. The van der Waals surface area contributed by atoms with Gasteiger partial charge in [0.25, 0.3) is 6.01 Å². The van der Waals surface area contributed by atoms with Crippen molar-refractivity contribution >= 4 is 28.4 Å². The minimum absolute atomic E-state index is 0.122. The standard InChI is InChI=1S/C14H10N2O3/c17-13(18)12-8-19-14(16-12)15-11-7-3-5-9-4-1-2-6-10(9)11/h1-8H,(H,15,16)(H,17,18). The second-order valence-corrected chi connectivity index (χ2v) is 3.99. The number of benzene rings is 2. The molecular weight excluding hydrogens is 244 g/mol. The van der Waals surface area contributed by atoms with E-state index in [1.54, 1.807) is 0 Å². The van der Waals surface area contributed by atoms with Gasteiger partial charge in [-0.15, -0.1) is 0 Å². The Kier molecular flexibility index (Phi) is 2.64. The maximum Gasteiger partial charge on any atom is 0.357 e. The molecule has 0 radical (unpaired) electrons. The fraction of sp³-hybridized carbons (Fsp3) is 0. The van der Waals surface area contributed by atoms with Crippen molar-refractivity contribution in [1.29, 1.82) is 0 Å². The topological polar surface area (TPSA) is 75.4 Å². The normalized spacial score (nSPS) is 10.5. The summed E-state index contributed by atoms with van der Waals surface area (Å²) in [7, 11) is 0. The molecule has 5 nitrogen and oxygen atoms in total. The molecule has 0 aliphatic carbocycles. The molecule has 0 amide bonds. The average molecular weight is 254 g/mol. The number of carboxylic acid groups (broad SMARTS) is 1. The van der Waals surface area contributed by atoms with Crippen LogP contribution in [0, 0.1) is 0 Å². The molecule has 5 heteroatoms. The van der Waals surface area contributed by atoms with Crippen molar-refractivity contribution in [1.82, 2.24) is 4.98 Å². The second kappa shape index (κ2) is 4.45. The van der Waals surface area contributed by atoms with Gasteiger partial charge >= 0.3 is 5.97 Å². The average Bonchev–Trinajstić information content (AvgIpc) is 2.88. The maximum absolute atomic E-state index is 10.7. The summed E-state index contributed by atoms with van der Waals surface area (Å²) in [6, 6.07) is 13.8. The Morgan fingerprint density at radius 1 is 1.16 bits per heavy atom. The van der Waals surface area contributed by atoms with Crippen LogP contribution < -0.4 is 5.32 Å². The molecule has 94 valence electrons. The van der Waals surface area contributed by atoms with Gasteiger partial charge in [-0.1, -0.05) is 36.4 Å². The van der Waals surface area contributed by atoms with E-state index in [4.69, 9.17) is 9.52 Å². The van der Waals surface area contributed by atoms with Crippen molar-refractivity contribution in [3.8, 4) is 0 Å². The zero-order chi connectivity index (χ0) is 13.2. The molecule has 0 fully saturated rings. The number of carboxylic acids is 1. The maximum atomic E-state index is 10.7. The molecule has 2 aromatic carbocycles. The molecule has 0 aliphatic rings. The fourth-order valence-corrected chi connectivity index (χ4v) is 1.88. The van der Waals surface area contributed by atoms with E-state index < -0.39 is 5.97 Å². The lowest BCUT2D eigenvalue weighted by molar-refractivity contribution is 0.0690. The Morgan fingerprint density at radius 2 is 1.95 bits per heavy atom. The number of oxazole rings is 1. The number of aromatic nitrogens is 1. The van der Waals surface area contributed by atoms with Crippen molar-refractivity contribution in [2.75, 3.05) is 5.32 Å². The first-order valence-corrected chi connectivity index (χ1v) is 5.67. The highest BCUT2D eigenvalue weighted by atomic mass is 16.4. The molecule has 3 rings (SSSR count). The van der Waals surface area contributed by atoms with Crippen LogP contribution in [0.3, 0.4) is 0 Å². The van der Waals surface area contributed by atoms with Crippen LogP contribution in [0.2, 0.25) is 0 Å². The van der Waals surface area contributed by atoms with Crippen LogP contribution in [0.15, 0.2) is 53.1 Å². The van der Waals surface area contributed by atoms with Gasteiger partial charge in [-0.05, 0) is 11.5 Å². The molecule has 1 heterocycles. The van der Waals surface area contributed by atoms with Crippen LogP contribution in [-0.4, -0.2) is 16.1 Å². The van der Waals surface area contributed by atoms with Gasteiger partial charge in [0.15, 0.2) is 5.69 Å². The first-order valence-electron chi connectivity index (χ1n) is 5.67. The van der Waals surface area contributed by atoms with Crippen molar-refractivity contribution in [2.45, 2.75) is 0 Å². The third-order valence-electron chi connectivity index (χ3n) is 2.75. The van der Waals surface area contributed by atoms with Crippen LogP contribution >= 0.6 is 0 Å². The number of nitrogens with zero attached hydrogens (tertiary/aromatic N) is 1. The van der Waals surface area contributed by atoms with Crippen molar-refractivity contribution in [3.63, 3.8) is 0 Å². The number of fused-ring (bicyclic) bond motifs is 1. The van der Waals surface area contributed by atoms with Crippen LogP contribution in [0.1, 0.15) is 10.5 Å². The Balaban J connectivity index is 1.98. The van der Waals surface area contributed by atoms with E-state index >= 15 is 0 Å². The third-order valence-corrected chi connectivity index (χ3v) is 2.75. The number of carbonyl (C=O) groups is 1. The van der Waals surface area contributed by atoms with Gasteiger partial charge in [0.1, 0.15) is 6.26 Å². The molecule has 0 aliphatic heterocycles. The molecule has 0 spiro atoms. The molecule has 0 saturated carbocycles. The third kappa shape index (κ3) is 2.13. The van der Waals surface area contributed by atoms with Crippen LogP contribution in [0.5, 0.6) is 0 Å². The zero-order valence-corrected chi connectivity index (χ0v) is 9.83. The largest absolute Gasteiger partial charge is 0.476 e. The summed E-state index contributed by atoms with van der Waals surface area (Å²) in [6.07, 6.45) is 1.11. The number of nitrogens with one attached hydrogen (secondary N) is 1. The summed E-state index contributed by atoms with van der Waals surface area (Å²) >= 11 is 0. The molecule has 0 bridgehead atoms. The predicted octanol–water partition coefficient (Wildman–Crippen LogP) is 3.27. The highest BCUT2D eigenvalue weighted by Gasteiger charge is 2.11. The van der Waals surface area contributed by atoms with Crippen molar-refractivity contribution in [2.24, 2.45) is 0 Å². The van der Waals surface area contributed by atoms with Crippen LogP contribution in [0.4, 0.5) is 11.7 Å². The minimum Gasteiger partial charge on any atom is -0.476 e. The van der Waals surface area contributed by atoms with E-state index in [-0.39, 0.29) is 11.7 Å². The van der Waals surface area contributed by atoms with Crippen LogP contribution in [-0.2, 0) is 0 Å². The van der Waals surface area contributed by atoms with Gasteiger partial charge in [-0.3, -0.25) is 0 Å². The molecule has 1 aromatic heterocycles. The Bertz CT molecular complexity index is 744. The zero-order valence-electron chi connectivity index (χ0n) is 9.83. The van der Waals surface area contributed by atoms with Gasteiger partial charge in [0.05, 0.1) is 5.69 Å². The summed E-state index contributed by atoms with van der Waals surface area (Å²) in [5.74, 6) is -1.12. The van der Waals surface area contributed by atoms with Crippen molar-refractivity contribution < 1.29 is 14.3 Å². The number of hydrogen-bond acceptors (Lipinski definition) is 4. The second-order valence-electron chi connectivity index (χ2n) is 3.99. The lowest BCUT2D eigenvalue weighted by Gasteiger charge is -2.05. The highest BCUT2D eigenvalue weighted by molar-refractivity contribution is 5.95. The van der Waals surface area contributed by atoms with Gasteiger partial charge in [-0.25, -0.2) is 4.79 Å². The quantitative estimate of drug-likeness (QED) is 0.750. The van der Waals surface area contributed by atoms with Gasteiger partial charge in [-0.2, -0.15) is 4.98 Å². The molecule has 0 saturated heterocycles. The summed E-state index contributed by atoms with van der Waals surface area (Å²) < 4.78 is 5.08. The van der Waals surface area contributed by atoms with Crippen LogP contribution in [0.25, 0.3) is 10.8 Å². The lowest BCUT2D eigenvalue weighted by atomic mass is 10.1. The molecule has 3 aromatic rings. The van der Waals surface area contributed by atoms with E-state index in [0.717, 1.165) is 22.7 Å². The predicted molar refractivity (Wildman–Crippen MR) is 70.7 cm³/mol. The fourth-order valence-electron chi connectivity index (χ4n) is 1.88. The minimum atomic E-state index is -1.12. The molecule has 0 unspecified atom stereocenters. The smallest absolute Gasteiger partial charge is 0.357 e. The van der Waals surface area contributed by atoms with Gasteiger partial charge in [0, 0.05) is 5.39 Å². The van der Waals surface area contributed by atoms with E-state index in [2.05, 4.69) is 10.3 Å². The Labute approximate surface area is 108 Å². The summed E-state index contributed by atoms with van der Waals surface area (Å²) in [4.78, 5) is 14.6. The SMILES string of the molecule is O=C(O)c1coc(Nc2cccc3ccccc23)n1. The first kappa shape index (κ1) is 11.3. The molecule has 2 N–H and O–H groups in total. The summed E-state index contributed by atoms with van der Waals surface area (Å²) in [5, 5.41) is 13.9. The molecule has 0 atom stereocenters.